The van der Waals surface area contributed by atoms with Crippen LogP contribution in [0.3, 0.4) is 0 Å². The molecule has 2 atom stereocenters. The van der Waals surface area contributed by atoms with E-state index in [-0.39, 0.29) is 25.1 Å². The highest BCUT2D eigenvalue weighted by Gasteiger charge is 2.44. The number of halogens is 2. The van der Waals surface area contributed by atoms with Gasteiger partial charge in [0, 0.05) is 12.0 Å². The van der Waals surface area contributed by atoms with E-state index in [4.69, 9.17) is 25.8 Å². The minimum Gasteiger partial charge on any atom is -0.488 e. The first-order chi connectivity index (χ1) is 9.24. The summed E-state index contributed by atoms with van der Waals surface area (Å²) in [5, 5.41) is 9.18. The predicted octanol–water partition coefficient (Wildman–Crippen LogP) is 0.105. The summed E-state index contributed by atoms with van der Waals surface area (Å²) in [4.78, 5) is 2.50. The lowest BCUT2D eigenvalue weighted by molar-refractivity contribution is 0.0486. The number of hydrogen-bond donors (Lipinski definition) is 2. The molecule has 8 heteroatoms. The topological polar surface area (TPSA) is 60.0 Å². The Kier molecular flexibility index (Phi) is 3.64. The minimum absolute atomic E-state index is 0.0855. The maximum atomic E-state index is 13.8. The van der Waals surface area contributed by atoms with E-state index < -0.39 is 19.0 Å². The molecule has 0 saturated heterocycles. The van der Waals surface area contributed by atoms with Gasteiger partial charge in [-0.3, -0.25) is 0 Å². The van der Waals surface area contributed by atoms with Gasteiger partial charge in [0.1, 0.15) is 12.7 Å². The second-order valence-corrected chi connectivity index (χ2v) is 4.69. The molecule has 1 aromatic rings. The van der Waals surface area contributed by atoms with Crippen molar-refractivity contribution in [2.24, 2.45) is 0 Å². The van der Waals surface area contributed by atoms with E-state index in [1.807, 2.05) is 0 Å². The molecule has 2 aliphatic heterocycles. The number of ether oxygens (including phenoxy) is 1. The third-order valence-electron chi connectivity index (χ3n) is 3.25. The first kappa shape index (κ1) is 13.1. The zero-order valence-corrected chi connectivity index (χ0v) is 10.7. The van der Waals surface area contributed by atoms with E-state index >= 15 is 0 Å². The summed E-state index contributed by atoms with van der Waals surface area (Å²) in [7, 11) is -0.740. The molecule has 2 aliphatic rings. The molecule has 0 bridgehead atoms. The molecule has 0 aliphatic carbocycles. The molecule has 2 heterocycles. The van der Waals surface area contributed by atoms with Crippen molar-refractivity contribution < 1.29 is 23.5 Å². The summed E-state index contributed by atoms with van der Waals surface area (Å²) in [6.07, 6.45) is -0.884. The summed E-state index contributed by atoms with van der Waals surface area (Å²) in [6.45, 7) is 0.231. The standard InChI is InChI=1S/C11H12BClFNO4/c13-15-3-9-7-1-2-8(14)11-10(7)12(19-9)18-6(4-16)5-17-11/h1-2,6,9,15-16H,3-5H2/t6-,9-/m1/s1. The molecule has 0 saturated carbocycles. The Morgan fingerprint density at radius 2 is 2.32 bits per heavy atom. The third-order valence-corrected chi connectivity index (χ3v) is 3.40. The smallest absolute Gasteiger partial charge is 0.488 e. The molecule has 0 aromatic heterocycles. The van der Waals surface area contributed by atoms with Crippen LogP contribution in [0, 0.1) is 5.82 Å². The number of hydrogen-bond acceptors (Lipinski definition) is 5. The maximum Gasteiger partial charge on any atom is 0.499 e. The number of benzene rings is 1. The van der Waals surface area contributed by atoms with Gasteiger partial charge in [-0.15, -0.1) is 0 Å². The van der Waals surface area contributed by atoms with Crippen LogP contribution in [-0.4, -0.2) is 38.1 Å². The fourth-order valence-corrected chi connectivity index (χ4v) is 2.50. The van der Waals surface area contributed by atoms with E-state index in [1.54, 1.807) is 6.07 Å². The average molecular weight is 287 g/mol. The van der Waals surface area contributed by atoms with Crippen LogP contribution in [0.4, 0.5) is 4.39 Å². The lowest BCUT2D eigenvalue weighted by Gasteiger charge is -2.17. The van der Waals surface area contributed by atoms with Gasteiger partial charge in [0.15, 0.2) is 11.6 Å². The molecule has 1 aromatic carbocycles. The van der Waals surface area contributed by atoms with E-state index in [1.165, 1.54) is 6.07 Å². The fourth-order valence-electron chi connectivity index (χ4n) is 2.36. The highest BCUT2D eigenvalue weighted by atomic mass is 35.5. The molecule has 3 rings (SSSR count). The largest absolute Gasteiger partial charge is 0.499 e. The second-order valence-electron chi connectivity index (χ2n) is 4.43. The molecule has 0 radical (unpaired) electrons. The zero-order valence-electron chi connectivity index (χ0n) is 9.94. The lowest BCUT2D eigenvalue weighted by atomic mass is 9.77. The van der Waals surface area contributed by atoms with Crippen molar-refractivity contribution in [1.29, 1.82) is 0 Å². The van der Waals surface area contributed by atoms with Crippen LogP contribution in [0.5, 0.6) is 5.75 Å². The van der Waals surface area contributed by atoms with Crippen LogP contribution in [0.25, 0.3) is 0 Å². The van der Waals surface area contributed by atoms with Crippen molar-refractivity contribution in [1.82, 2.24) is 4.84 Å². The Morgan fingerprint density at radius 3 is 3.05 bits per heavy atom. The van der Waals surface area contributed by atoms with E-state index in [2.05, 4.69) is 4.84 Å². The van der Waals surface area contributed by atoms with Crippen LogP contribution >= 0.6 is 11.8 Å². The molecule has 0 fully saturated rings. The monoisotopic (exact) mass is 287 g/mol. The van der Waals surface area contributed by atoms with E-state index in [9.17, 15) is 9.50 Å². The molecule has 5 nitrogen and oxygen atoms in total. The van der Waals surface area contributed by atoms with Crippen molar-refractivity contribution in [3.63, 3.8) is 0 Å². The van der Waals surface area contributed by atoms with Crippen LogP contribution in [0.2, 0.25) is 0 Å². The Labute approximate surface area is 114 Å². The van der Waals surface area contributed by atoms with Crippen molar-refractivity contribution in [3.05, 3.63) is 23.5 Å². The Morgan fingerprint density at radius 1 is 1.47 bits per heavy atom. The fraction of sp³-hybridized carbons (Fsp3) is 0.455. The normalized spacial score (nSPS) is 24.9. The predicted molar refractivity (Wildman–Crippen MR) is 66.9 cm³/mol. The minimum atomic E-state index is -0.740. The number of aliphatic hydroxyl groups is 1. The lowest BCUT2D eigenvalue weighted by Crippen LogP contribution is -2.36. The van der Waals surface area contributed by atoms with Gasteiger partial charge in [-0.05, 0) is 23.4 Å². The Hall–Kier alpha value is -0.855. The van der Waals surface area contributed by atoms with Gasteiger partial charge in [-0.25, -0.2) is 9.23 Å². The van der Waals surface area contributed by atoms with Crippen molar-refractivity contribution >= 4 is 24.4 Å². The van der Waals surface area contributed by atoms with Crippen molar-refractivity contribution in [2.75, 3.05) is 19.8 Å². The third kappa shape index (κ3) is 2.21. The zero-order chi connectivity index (χ0) is 13.4. The van der Waals surface area contributed by atoms with Gasteiger partial charge in [0.25, 0.3) is 0 Å². The van der Waals surface area contributed by atoms with Crippen molar-refractivity contribution in [3.8, 4) is 5.75 Å². The van der Waals surface area contributed by atoms with Gasteiger partial charge in [0.05, 0.1) is 12.7 Å². The molecule has 102 valence electrons. The second kappa shape index (κ2) is 5.26. The quantitative estimate of drug-likeness (QED) is 0.610. The summed E-state index contributed by atoms with van der Waals surface area (Å²) < 4.78 is 30.5. The number of rotatable bonds is 3. The molecule has 0 spiro atoms. The summed E-state index contributed by atoms with van der Waals surface area (Å²) in [5.41, 5.74) is 1.33. The molecular weight excluding hydrogens is 275 g/mol. The highest BCUT2D eigenvalue weighted by molar-refractivity contribution is 6.64. The van der Waals surface area contributed by atoms with Gasteiger partial charge in [0.2, 0.25) is 0 Å². The van der Waals surface area contributed by atoms with Gasteiger partial charge in [-0.2, -0.15) is 0 Å². The molecule has 2 N–H and O–H groups in total. The first-order valence-electron chi connectivity index (χ1n) is 5.95. The number of nitrogens with one attached hydrogen (secondary N) is 1. The Bertz CT molecular complexity index is 492. The van der Waals surface area contributed by atoms with Gasteiger partial charge >= 0.3 is 7.12 Å². The van der Waals surface area contributed by atoms with E-state index in [0.29, 0.717) is 12.0 Å². The average Bonchev–Trinajstić information content (AvgIpc) is 2.63. The van der Waals surface area contributed by atoms with Crippen LogP contribution < -0.4 is 15.0 Å². The summed E-state index contributed by atoms with van der Waals surface area (Å²) >= 11 is 5.50. The molecule has 19 heavy (non-hydrogen) atoms. The van der Waals surface area contributed by atoms with Gasteiger partial charge in [-0.1, -0.05) is 6.07 Å². The molecule has 0 unspecified atom stereocenters. The Balaban J connectivity index is 2.03. The van der Waals surface area contributed by atoms with Crippen LogP contribution in [0.15, 0.2) is 12.1 Å². The first-order valence-corrected chi connectivity index (χ1v) is 6.32. The summed E-state index contributed by atoms with van der Waals surface area (Å²) in [6, 6.07) is 2.97. The number of aliphatic hydroxyl groups excluding tert-OH is 1. The summed E-state index contributed by atoms with van der Waals surface area (Å²) in [5.74, 6) is -0.329. The van der Waals surface area contributed by atoms with Crippen LogP contribution in [-0.2, 0) is 9.31 Å². The molecular formula is C11H12BClFNO4. The molecule has 0 amide bonds. The van der Waals surface area contributed by atoms with E-state index in [0.717, 1.165) is 5.56 Å². The maximum absolute atomic E-state index is 13.8. The highest BCUT2D eigenvalue weighted by Crippen LogP contribution is 2.32. The van der Waals surface area contributed by atoms with Gasteiger partial charge < -0.3 is 19.2 Å². The van der Waals surface area contributed by atoms with Crippen molar-refractivity contribution in [2.45, 2.75) is 12.2 Å². The SMILES string of the molecule is OC[C@@H]1COc2c(F)ccc3c2B(O1)O[C@@H]3CNCl. The van der Waals surface area contributed by atoms with Crippen LogP contribution in [0.1, 0.15) is 11.7 Å².